The standard InChI is InChI=1S/C18H22N2O.ClH/c19-13-7-12-18(21)20-17(16-10-5-2-6-11-16)14-15-8-3-1-4-9-15;/h1-6,8-11,17H,7,12-14,19H2,(H,20,21);1H. The van der Waals surface area contributed by atoms with Gasteiger partial charge in [-0.25, -0.2) is 0 Å². The molecule has 3 nitrogen and oxygen atoms in total. The Morgan fingerprint density at radius 2 is 1.59 bits per heavy atom. The van der Waals surface area contributed by atoms with Crippen LogP contribution in [0.15, 0.2) is 60.7 Å². The Hall–Kier alpha value is -1.84. The molecule has 0 bridgehead atoms. The van der Waals surface area contributed by atoms with E-state index in [1.165, 1.54) is 5.56 Å². The molecule has 2 aromatic rings. The number of amides is 1. The Balaban J connectivity index is 0.00000242. The zero-order chi connectivity index (χ0) is 14.9. The van der Waals surface area contributed by atoms with Crippen LogP contribution in [-0.2, 0) is 11.2 Å². The van der Waals surface area contributed by atoms with E-state index in [0.29, 0.717) is 13.0 Å². The highest BCUT2D eigenvalue weighted by Gasteiger charge is 2.14. The highest BCUT2D eigenvalue weighted by atomic mass is 35.5. The number of hydrogen-bond acceptors (Lipinski definition) is 2. The second kappa shape index (κ2) is 9.98. The first-order chi connectivity index (χ1) is 10.3. The molecule has 0 spiro atoms. The SMILES string of the molecule is Cl.NCCCC(=O)NC(Cc1ccccc1)c1ccccc1. The van der Waals surface area contributed by atoms with Gasteiger partial charge in [0.05, 0.1) is 6.04 Å². The van der Waals surface area contributed by atoms with Crippen molar-refractivity contribution in [2.45, 2.75) is 25.3 Å². The number of halogens is 1. The molecule has 0 aliphatic carbocycles. The molecule has 3 N–H and O–H groups in total. The lowest BCUT2D eigenvalue weighted by Crippen LogP contribution is -2.30. The van der Waals surface area contributed by atoms with Crippen LogP contribution in [0.2, 0.25) is 0 Å². The Labute approximate surface area is 138 Å². The fourth-order valence-electron chi connectivity index (χ4n) is 2.32. The van der Waals surface area contributed by atoms with E-state index in [4.69, 9.17) is 5.73 Å². The van der Waals surface area contributed by atoms with Gasteiger partial charge in [-0.3, -0.25) is 4.79 Å². The van der Waals surface area contributed by atoms with Gasteiger partial charge in [0.25, 0.3) is 0 Å². The van der Waals surface area contributed by atoms with Crippen molar-refractivity contribution in [1.82, 2.24) is 5.32 Å². The zero-order valence-corrected chi connectivity index (χ0v) is 13.4. The van der Waals surface area contributed by atoms with E-state index >= 15 is 0 Å². The fourth-order valence-corrected chi connectivity index (χ4v) is 2.32. The van der Waals surface area contributed by atoms with E-state index < -0.39 is 0 Å². The average Bonchev–Trinajstić information content (AvgIpc) is 2.54. The minimum Gasteiger partial charge on any atom is -0.349 e. The van der Waals surface area contributed by atoms with Gasteiger partial charge in [0.15, 0.2) is 0 Å². The number of benzene rings is 2. The highest BCUT2D eigenvalue weighted by Crippen LogP contribution is 2.18. The van der Waals surface area contributed by atoms with Gasteiger partial charge < -0.3 is 11.1 Å². The summed E-state index contributed by atoms with van der Waals surface area (Å²) in [6, 6.07) is 20.3. The molecule has 0 radical (unpaired) electrons. The lowest BCUT2D eigenvalue weighted by molar-refractivity contribution is -0.121. The summed E-state index contributed by atoms with van der Waals surface area (Å²) in [6.45, 7) is 0.544. The summed E-state index contributed by atoms with van der Waals surface area (Å²) in [7, 11) is 0. The van der Waals surface area contributed by atoms with Crippen LogP contribution in [0.1, 0.15) is 30.0 Å². The topological polar surface area (TPSA) is 55.1 Å². The average molecular weight is 319 g/mol. The second-order valence-corrected chi connectivity index (χ2v) is 5.11. The molecule has 0 aromatic heterocycles. The van der Waals surface area contributed by atoms with Gasteiger partial charge in [-0.15, -0.1) is 12.4 Å². The molecule has 2 aromatic carbocycles. The van der Waals surface area contributed by atoms with Crippen LogP contribution in [0.5, 0.6) is 0 Å². The lowest BCUT2D eigenvalue weighted by atomic mass is 9.98. The smallest absolute Gasteiger partial charge is 0.220 e. The van der Waals surface area contributed by atoms with Crippen molar-refractivity contribution in [2.24, 2.45) is 5.73 Å². The number of carbonyl (C=O) groups excluding carboxylic acids is 1. The molecule has 2 rings (SSSR count). The predicted octanol–water partition coefficient (Wildman–Crippen LogP) is 3.25. The summed E-state index contributed by atoms with van der Waals surface area (Å²) in [5.74, 6) is 0.0604. The largest absolute Gasteiger partial charge is 0.349 e. The molecule has 4 heteroatoms. The fraction of sp³-hybridized carbons (Fsp3) is 0.278. The molecule has 0 fully saturated rings. The summed E-state index contributed by atoms with van der Waals surface area (Å²) >= 11 is 0. The van der Waals surface area contributed by atoms with Crippen LogP contribution in [0, 0.1) is 0 Å². The van der Waals surface area contributed by atoms with Gasteiger partial charge in [-0.2, -0.15) is 0 Å². The molecular weight excluding hydrogens is 296 g/mol. The summed E-state index contributed by atoms with van der Waals surface area (Å²) in [4.78, 5) is 12.0. The molecule has 0 aliphatic rings. The molecule has 22 heavy (non-hydrogen) atoms. The lowest BCUT2D eigenvalue weighted by Gasteiger charge is -2.19. The minimum absolute atomic E-state index is 0. The first kappa shape index (κ1) is 18.2. The Kier molecular flexibility index (Phi) is 8.26. The molecular formula is C18H23ClN2O. The third-order valence-electron chi connectivity index (χ3n) is 3.43. The number of carbonyl (C=O) groups is 1. The third kappa shape index (κ3) is 5.88. The first-order valence-corrected chi connectivity index (χ1v) is 7.38. The van der Waals surface area contributed by atoms with E-state index in [1.54, 1.807) is 0 Å². The Morgan fingerprint density at radius 1 is 1.00 bits per heavy atom. The van der Waals surface area contributed by atoms with Crippen LogP contribution >= 0.6 is 12.4 Å². The number of nitrogens with two attached hydrogens (primary N) is 1. The van der Waals surface area contributed by atoms with Gasteiger partial charge >= 0.3 is 0 Å². The Bertz CT molecular complexity index is 546. The van der Waals surface area contributed by atoms with Gasteiger partial charge in [-0.05, 0) is 30.5 Å². The number of hydrogen-bond donors (Lipinski definition) is 2. The van der Waals surface area contributed by atoms with E-state index in [2.05, 4.69) is 29.6 Å². The maximum atomic E-state index is 12.0. The van der Waals surface area contributed by atoms with Crippen LogP contribution < -0.4 is 11.1 Å². The van der Waals surface area contributed by atoms with E-state index in [-0.39, 0.29) is 24.4 Å². The maximum absolute atomic E-state index is 12.0. The summed E-state index contributed by atoms with van der Waals surface area (Å²) < 4.78 is 0. The van der Waals surface area contributed by atoms with Crippen LogP contribution in [0.25, 0.3) is 0 Å². The third-order valence-corrected chi connectivity index (χ3v) is 3.43. The molecule has 1 amide bonds. The van der Waals surface area contributed by atoms with Gasteiger partial charge in [0.1, 0.15) is 0 Å². The van der Waals surface area contributed by atoms with Crippen molar-refractivity contribution in [3.63, 3.8) is 0 Å². The number of nitrogens with one attached hydrogen (secondary N) is 1. The van der Waals surface area contributed by atoms with E-state index in [9.17, 15) is 4.79 Å². The monoisotopic (exact) mass is 318 g/mol. The summed E-state index contributed by atoms with van der Waals surface area (Å²) in [5.41, 5.74) is 7.80. The minimum atomic E-state index is -0.00104. The molecule has 1 unspecified atom stereocenters. The van der Waals surface area contributed by atoms with Gasteiger partial charge in [0.2, 0.25) is 5.91 Å². The van der Waals surface area contributed by atoms with Crippen molar-refractivity contribution < 1.29 is 4.79 Å². The summed E-state index contributed by atoms with van der Waals surface area (Å²) in [6.07, 6.45) is 1.99. The quantitative estimate of drug-likeness (QED) is 0.823. The van der Waals surface area contributed by atoms with E-state index in [0.717, 1.165) is 18.4 Å². The van der Waals surface area contributed by atoms with Crippen LogP contribution in [-0.4, -0.2) is 12.5 Å². The zero-order valence-electron chi connectivity index (χ0n) is 12.6. The highest BCUT2D eigenvalue weighted by molar-refractivity contribution is 5.85. The van der Waals surface area contributed by atoms with Crippen molar-refractivity contribution >= 4 is 18.3 Å². The predicted molar refractivity (Wildman–Crippen MR) is 93.0 cm³/mol. The molecule has 0 saturated heterocycles. The normalized spacial score (nSPS) is 11.3. The van der Waals surface area contributed by atoms with E-state index in [1.807, 2.05) is 36.4 Å². The number of rotatable bonds is 7. The van der Waals surface area contributed by atoms with Crippen molar-refractivity contribution in [1.29, 1.82) is 0 Å². The Morgan fingerprint density at radius 3 is 2.18 bits per heavy atom. The van der Waals surface area contributed by atoms with Crippen molar-refractivity contribution in [2.75, 3.05) is 6.54 Å². The van der Waals surface area contributed by atoms with Crippen LogP contribution in [0.3, 0.4) is 0 Å². The molecule has 0 heterocycles. The van der Waals surface area contributed by atoms with Crippen molar-refractivity contribution in [3.8, 4) is 0 Å². The molecule has 0 saturated carbocycles. The maximum Gasteiger partial charge on any atom is 0.220 e. The van der Waals surface area contributed by atoms with Crippen LogP contribution in [0.4, 0.5) is 0 Å². The first-order valence-electron chi connectivity index (χ1n) is 7.38. The molecule has 0 aliphatic heterocycles. The van der Waals surface area contributed by atoms with Gasteiger partial charge in [0, 0.05) is 6.42 Å². The summed E-state index contributed by atoms with van der Waals surface area (Å²) in [5, 5.41) is 3.12. The molecule has 1 atom stereocenters. The van der Waals surface area contributed by atoms with Crippen molar-refractivity contribution in [3.05, 3.63) is 71.8 Å². The second-order valence-electron chi connectivity index (χ2n) is 5.11. The van der Waals surface area contributed by atoms with Gasteiger partial charge in [-0.1, -0.05) is 60.7 Å². The molecule has 118 valence electrons.